The van der Waals surface area contributed by atoms with Crippen LogP contribution in [0.5, 0.6) is 0 Å². The van der Waals surface area contributed by atoms with Gasteiger partial charge in [0.25, 0.3) is 109 Å². The van der Waals surface area contributed by atoms with E-state index in [2.05, 4.69) is 49.1 Å². The molecule has 11 amide bonds. The lowest BCUT2D eigenvalue weighted by Gasteiger charge is -2.31. The van der Waals surface area contributed by atoms with Crippen molar-refractivity contribution in [3.05, 3.63) is 279 Å². The van der Waals surface area contributed by atoms with Crippen LogP contribution in [-0.4, -0.2) is 254 Å². The van der Waals surface area contributed by atoms with Crippen molar-refractivity contribution in [2.24, 2.45) is 0 Å². The van der Waals surface area contributed by atoms with Crippen molar-refractivity contribution in [3.8, 4) is 0 Å². The molecule has 8 bridgehead atoms. The average Bonchev–Trinajstić information content (AvgIpc) is 0.823. The van der Waals surface area contributed by atoms with Crippen molar-refractivity contribution in [2.75, 3.05) is 65.4 Å². The van der Waals surface area contributed by atoms with Crippen LogP contribution in [0, 0.1) is 0 Å². The largest absolute Gasteiger partial charge is 0.425 e. The molecule has 0 saturated carbocycles. The van der Waals surface area contributed by atoms with Gasteiger partial charge in [-0.05, 0) is 152 Å². The first-order valence-corrected chi connectivity index (χ1v) is 39.0. The van der Waals surface area contributed by atoms with E-state index in [4.69, 9.17) is 0 Å². The minimum atomic E-state index is -1.31. The molecule has 47 heteroatoms. The zero-order valence-electron chi connectivity index (χ0n) is 68.0. The Morgan fingerprint density at radius 3 is 0.897 bits per heavy atom. The Kier molecular flexibility index (Phi) is 31.0. The Bertz CT molecular complexity index is 6100. The van der Waals surface area contributed by atoms with Gasteiger partial charge in [-0.1, -0.05) is 30.8 Å². The predicted octanol–water partition coefficient (Wildman–Crippen LogP) is -2.18. The SMILES string of the molecule is C=C1NCCCN(C(=O)c2cccc(=O)n2O)CCCC(C)N(C(=O)c2cccc(=O)n2O)CCCNC(=O)c2ccc(n(O)c2=O)C(=O)NC(C)NC(=O)c2ccc1c(=O)n2O.CC1NC(=O)c2ccc(n(O)c2=O)C(=O)NCCCN(C(=O)c2cccc(=O)n2O)CCCC(C)N(C(=O)c2cccc(=O)n2O)CCCNC(=O)c2ccc(c(=O)n2O)C(=O)N1. The maximum atomic E-state index is 13.8. The van der Waals surface area contributed by atoms with Crippen LogP contribution in [-0.2, 0) is 0 Å². The Labute approximate surface area is 709 Å². The molecular weight excluding hydrogens is 1660 g/mol. The van der Waals surface area contributed by atoms with Crippen LogP contribution >= 0.6 is 0 Å². The van der Waals surface area contributed by atoms with Crippen molar-refractivity contribution < 1.29 is 94.4 Å². The highest BCUT2D eigenvalue weighted by atomic mass is 16.5. The number of carbonyl (C=O) groups is 11. The Morgan fingerprint density at radius 1 is 0.294 bits per heavy atom. The minimum Gasteiger partial charge on any atom is -0.425 e. The van der Waals surface area contributed by atoms with Crippen LogP contribution in [0.25, 0.3) is 5.70 Å². The molecule has 0 radical (unpaired) electrons. The number of fused-ring (bicyclic) bond motifs is 4. The quantitative estimate of drug-likeness (QED) is 0.0833. The standard InChI is InChI=1S/C40H46N10O13.C39H44N10O14/c1-23-9-6-20-45(39(58)30-10-4-12-32(51)47(30)60)21-7-18-41-24(2)26-14-16-28(49(62)37(26)56)35(54)43-25(3)44-36(55)29-17-15-27(38(57)50(29)63)34(53)42-19-8-22-46(23)40(59)31-11-5-13-33(52)48(31)61;1-22-8-5-19-44(38(58)28-9-3-11-30(50)46(28)60)20-6-17-40-34(54)26-15-13-24(36(56)48(26)62)32(52)42-23(2)43-33(53)25-14-16-27(49(63)37(25)57)35(55)41-18-7-21-45(22)39(59)29-10-4-12-31(51)47(29)61/h4-5,10-17,23,25,41,60-63H,2,6-9,18-22H2,1,3H3,(H,42,53)(H,43,54)(H,44,55);3-4,9-16,22-23,60-63H,5-8,17-21H2,1-2H3,(H,40,54)(H,41,55)(H,42,52)(H,43,53). The number of nitrogens with one attached hydrogen (secondary N) is 8. The summed E-state index contributed by atoms with van der Waals surface area (Å²) in [6.07, 6.45) is -1.15. The number of amides is 11. The fourth-order valence-corrected chi connectivity index (χ4v) is 13.3. The molecule has 16 N–H and O–H groups in total. The van der Waals surface area contributed by atoms with E-state index in [0.29, 0.717) is 0 Å². The van der Waals surface area contributed by atoms with Gasteiger partial charge in [0, 0.05) is 107 Å². The fraction of sp³-hybridized carbons (Fsp3) is 0.329. The smallest absolute Gasteiger partial charge is 0.296 e. The normalized spacial score (nSPS) is 17.7. The molecule has 668 valence electrons. The van der Waals surface area contributed by atoms with E-state index in [-0.39, 0.29) is 189 Å². The van der Waals surface area contributed by atoms with Gasteiger partial charge < -0.3 is 104 Å². The molecule has 4 atom stereocenters. The lowest BCUT2D eigenvalue weighted by molar-refractivity contribution is 0.0597. The third-order valence-corrected chi connectivity index (χ3v) is 20.0. The summed E-state index contributed by atoms with van der Waals surface area (Å²) in [6, 6.07) is 21.2. The van der Waals surface area contributed by atoms with Crippen molar-refractivity contribution in [1.29, 1.82) is 0 Å². The van der Waals surface area contributed by atoms with Crippen LogP contribution in [0.1, 0.15) is 200 Å². The highest BCUT2D eigenvalue weighted by Crippen LogP contribution is 2.19. The molecule has 47 nitrogen and oxygen atoms in total. The molecule has 8 aromatic heterocycles. The van der Waals surface area contributed by atoms with Gasteiger partial charge in [-0.3, -0.25) is 91.1 Å². The third-order valence-electron chi connectivity index (χ3n) is 20.0. The maximum Gasteiger partial charge on any atom is 0.296 e. The molecule has 14 rings (SSSR count). The summed E-state index contributed by atoms with van der Waals surface area (Å²) < 4.78 is 0.657. The summed E-state index contributed by atoms with van der Waals surface area (Å²) >= 11 is 0. The second-order valence-corrected chi connectivity index (χ2v) is 28.7. The van der Waals surface area contributed by atoms with E-state index >= 15 is 0 Å². The number of hydrogen-bond donors (Lipinski definition) is 16. The number of aromatic nitrogens is 8. The monoisotopic (exact) mass is 1750 g/mol. The second kappa shape index (κ2) is 41.8. The number of nitrogens with zero attached hydrogens (tertiary/aromatic N) is 12. The molecular formula is C79H90N20O27. The average molecular weight is 1750 g/mol. The molecule has 4 unspecified atom stereocenters. The zero-order chi connectivity index (χ0) is 92.2. The number of carbonyl (C=O) groups excluding carboxylic acids is 11. The Hall–Kier alpha value is -16.3. The molecule has 0 aromatic carbocycles. The molecule has 6 aliphatic heterocycles. The number of pyridine rings is 8. The zero-order valence-corrected chi connectivity index (χ0v) is 68.0. The minimum absolute atomic E-state index is 0.0184. The molecule has 14 heterocycles. The van der Waals surface area contributed by atoms with Gasteiger partial charge in [-0.2, -0.15) is 0 Å². The van der Waals surface area contributed by atoms with Gasteiger partial charge >= 0.3 is 0 Å². The van der Waals surface area contributed by atoms with Crippen LogP contribution in [0.4, 0.5) is 0 Å². The number of rotatable bonds is 4. The van der Waals surface area contributed by atoms with Gasteiger partial charge in [-0.25, -0.2) is 0 Å². The highest BCUT2D eigenvalue weighted by molar-refractivity contribution is 6.00. The predicted molar refractivity (Wildman–Crippen MR) is 436 cm³/mol. The summed E-state index contributed by atoms with van der Waals surface area (Å²) in [5, 5.41) is 103. The lowest BCUT2D eigenvalue weighted by Crippen LogP contribution is -2.48. The summed E-state index contributed by atoms with van der Waals surface area (Å²) in [5.74, 6) is -10.1. The first-order chi connectivity index (χ1) is 59.8. The van der Waals surface area contributed by atoms with Gasteiger partial charge in [-0.15, -0.1) is 37.8 Å². The summed E-state index contributed by atoms with van der Waals surface area (Å²) in [4.78, 5) is 252. The fourth-order valence-electron chi connectivity index (χ4n) is 13.3. The first kappa shape index (κ1) is 93.6. The lowest BCUT2D eigenvalue weighted by atomic mass is 10.1. The van der Waals surface area contributed by atoms with Crippen molar-refractivity contribution in [3.63, 3.8) is 0 Å². The van der Waals surface area contributed by atoms with Crippen LogP contribution in [0.2, 0.25) is 0 Å². The molecule has 0 saturated heterocycles. The highest BCUT2D eigenvalue weighted by Gasteiger charge is 2.32. The summed E-state index contributed by atoms with van der Waals surface area (Å²) in [7, 11) is 0. The molecule has 6 aliphatic rings. The topological polar surface area (TPSA) is 635 Å². The Balaban J connectivity index is 0.000000285. The van der Waals surface area contributed by atoms with E-state index in [9.17, 15) is 133 Å². The second-order valence-electron chi connectivity index (χ2n) is 28.7. The van der Waals surface area contributed by atoms with E-state index in [0.717, 1.165) is 66.7 Å². The molecule has 0 spiro atoms. The molecule has 0 fully saturated rings. The van der Waals surface area contributed by atoms with Crippen LogP contribution in [0.15, 0.2) is 166 Å². The number of hydrogen-bond acceptors (Lipinski definition) is 28. The maximum absolute atomic E-state index is 13.8. The third kappa shape index (κ3) is 22.1. The molecule has 126 heavy (non-hydrogen) atoms. The van der Waals surface area contributed by atoms with Gasteiger partial charge in [0.2, 0.25) is 0 Å². The summed E-state index contributed by atoms with van der Waals surface area (Å²) in [6.45, 7) is 9.39. The Morgan fingerprint density at radius 2 is 0.556 bits per heavy atom. The van der Waals surface area contributed by atoms with E-state index in [1.54, 1.807) is 13.8 Å². The van der Waals surface area contributed by atoms with Gasteiger partial charge in [0.05, 0.1) is 17.9 Å². The van der Waals surface area contributed by atoms with Crippen molar-refractivity contribution in [2.45, 2.75) is 103 Å². The van der Waals surface area contributed by atoms with Crippen LogP contribution < -0.4 is 87.0 Å². The van der Waals surface area contributed by atoms with Gasteiger partial charge in [0.1, 0.15) is 62.2 Å². The molecule has 0 aliphatic carbocycles. The van der Waals surface area contributed by atoms with Crippen molar-refractivity contribution in [1.82, 2.24) is 100.0 Å². The molecule has 8 aromatic rings. The van der Waals surface area contributed by atoms with E-state index in [1.165, 1.54) is 88.0 Å². The summed E-state index contributed by atoms with van der Waals surface area (Å²) in [5.41, 5.74) is -14.0. The van der Waals surface area contributed by atoms with E-state index in [1.807, 2.05) is 0 Å². The first-order valence-electron chi connectivity index (χ1n) is 39.0. The van der Waals surface area contributed by atoms with Crippen molar-refractivity contribution >= 4 is 70.7 Å². The van der Waals surface area contributed by atoms with Crippen LogP contribution in [0.3, 0.4) is 0 Å². The van der Waals surface area contributed by atoms with E-state index < -0.39 is 173 Å². The van der Waals surface area contributed by atoms with Gasteiger partial charge in [0.15, 0.2) is 0 Å².